The fourth-order valence-corrected chi connectivity index (χ4v) is 2.60. The van der Waals surface area contributed by atoms with Crippen LogP contribution in [0.4, 0.5) is 4.39 Å². The zero-order valence-electron chi connectivity index (χ0n) is 11.2. The van der Waals surface area contributed by atoms with Crippen LogP contribution in [0.3, 0.4) is 0 Å². The molecule has 21 heavy (non-hydrogen) atoms. The van der Waals surface area contributed by atoms with Gasteiger partial charge in [0.2, 0.25) is 0 Å². The van der Waals surface area contributed by atoms with Gasteiger partial charge in [0.25, 0.3) is 0 Å². The summed E-state index contributed by atoms with van der Waals surface area (Å²) < 4.78 is 24.7. The third-order valence-electron chi connectivity index (χ3n) is 2.84. The minimum absolute atomic E-state index is 0.0535. The molecular formula is C15H13BrClFO3. The maximum absolute atomic E-state index is 13.1. The maximum atomic E-state index is 13.1. The summed E-state index contributed by atoms with van der Waals surface area (Å²) in [6.07, 6.45) is 0. The van der Waals surface area contributed by atoms with Crippen LogP contribution in [-0.2, 0) is 13.2 Å². The van der Waals surface area contributed by atoms with Crippen molar-refractivity contribution < 1.29 is 19.0 Å². The molecule has 0 bridgehead atoms. The van der Waals surface area contributed by atoms with Crippen LogP contribution in [-0.4, -0.2) is 12.2 Å². The molecule has 2 rings (SSSR count). The topological polar surface area (TPSA) is 38.7 Å². The molecule has 0 fully saturated rings. The highest BCUT2D eigenvalue weighted by Crippen LogP contribution is 2.37. The Kier molecular flexibility index (Phi) is 5.45. The molecule has 2 aromatic rings. The Morgan fingerprint density at radius 1 is 1.24 bits per heavy atom. The molecule has 0 radical (unpaired) electrons. The second-order valence-electron chi connectivity index (χ2n) is 4.30. The summed E-state index contributed by atoms with van der Waals surface area (Å²) in [4.78, 5) is 0. The average Bonchev–Trinajstić information content (AvgIpc) is 2.48. The number of aliphatic hydroxyl groups excluding tert-OH is 1. The van der Waals surface area contributed by atoms with Gasteiger partial charge in [0.15, 0.2) is 11.5 Å². The van der Waals surface area contributed by atoms with Crippen LogP contribution < -0.4 is 9.47 Å². The SMILES string of the molecule is COc1cc(CO)cc(Br)c1OCc1ccc(F)c(Cl)c1. The summed E-state index contributed by atoms with van der Waals surface area (Å²) in [5.41, 5.74) is 1.44. The molecule has 2 aromatic carbocycles. The lowest BCUT2D eigenvalue weighted by Crippen LogP contribution is -2.00. The van der Waals surface area contributed by atoms with Crippen molar-refractivity contribution in [3.05, 3.63) is 56.8 Å². The van der Waals surface area contributed by atoms with E-state index >= 15 is 0 Å². The van der Waals surface area contributed by atoms with Crippen molar-refractivity contribution in [2.75, 3.05) is 7.11 Å². The molecule has 0 aliphatic rings. The minimum atomic E-state index is -0.466. The van der Waals surface area contributed by atoms with E-state index in [9.17, 15) is 4.39 Å². The van der Waals surface area contributed by atoms with Crippen LogP contribution >= 0.6 is 27.5 Å². The van der Waals surface area contributed by atoms with E-state index in [-0.39, 0.29) is 18.2 Å². The van der Waals surface area contributed by atoms with Gasteiger partial charge in [-0.1, -0.05) is 17.7 Å². The number of halogens is 3. The molecule has 0 amide bonds. The molecule has 0 aliphatic heterocycles. The number of benzene rings is 2. The number of hydrogen-bond donors (Lipinski definition) is 1. The largest absolute Gasteiger partial charge is 0.493 e. The Morgan fingerprint density at radius 3 is 2.62 bits per heavy atom. The van der Waals surface area contributed by atoms with Gasteiger partial charge in [0, 0.05) is 0 Å². The van der Waals surface area contributed by atoms with Crippen LogP contribution in [0.1, 0.15) is 11.1 Å². The van der Waals surface area contributed by atoms with Crippen LogP contribution in [0.15, 0.2) is 34.8 Å². The molecule has 3 nitrogen and oxygen atoms in total. The van der Waals surface area contributed by atoms with Gasteiger partial charge >= 0.3 is 0 Å². The van der Waals surface area contributed by atoms with E-state index in [1.54, 1.807) is 18.2 Å². The highest BCUT2D eigenvalue weighted by molar-refractivity contribution is 9.10. The molecule has 0 atom stereocenters. The van der Waals surface area contributed by atoms with Crippen molar-refractivity contribution >= 4 is 27.5 Å². The van der Waals surface area contributed by atoms with Crippen LogP contribution in [0, 0.1) is 5.82 Å². The Hall–Kier alpha value is -1.30. The van der Waals surface area contributed by atoms with E-state index in [1.807, 2.05) is 0 Å². The molecule has 0 heterocycles. The predicted molar refractivity (Wildman–Crippen MR) is 82.4 cm³/mol. The number of aliphatic hydroxyl groups is 1. The van der Waals surface area contributed by atoms with E-state index in [0.717, 1.165) is 5.56 Å². The fraction of sp³-hybridized carbons (Fsp3) is 0.200. The number of rotatable bonds is 5. The first-order chi connectivity index (χ1) is 10.0. The summed E-state index contributed by atoms with van der Waals surface area (Å²) in [6.45, 7) is 0.121. The van der Waals surface area contributed by atoms with Gasteiger partial charge in [0.1, 0.15) is 12.4 Å². The third-order valence-corrected chi connectivity index (χ3v) is 3.72. The molecular weight excluding hydrogens is 363 g/mol. The average molecular weight is 376 g/mol. The van der Waals surface area contributed by atoms with Crippen molar-refractivity contribution in [3.8, 4) is 11.5 Å². The molecule has 0 spiro atoms. The summed E-state index contributed by atoms with van der Waals surface area (Å²) >= 11 is 9.11. The molecule has 0 aromatic heterocycles. The lowest BCUT2D eigenvalue weighted by Gasteiger charge is -2.14. The maximum Gasteiger partial charge on any atom is 0.175 e. The van der Waals surface area contributed by atoms with Crippen molar-refractivity contribution in [1.82, 2.24) is 0 Å². The zero-order valence-corrected chi connectivity index (χ0v) is 13.5. The molecule has 1 N–H and O–H groups in total. The highest BCUT2D eigenvalue weighted by atomic mass is 79.9. The van der Waals surface area contributed by atoms with E-state index in [1.165, 1.54) is 19.2 Å². The van der Waals surface area contributed by atoms with Crippen LogP contribution in [0.5, 0.6) is 11.5 Å². The standard InChI is InChI=1S/C15H13BrClFO3/c1-20-14-6-10(7-19)4-11(16)15(14)21-8-9-2-3-13(18)12(17)5-9/h2-6,19H,7-8H2,1H3. The summed E-state index contributed by atoms with van der Waals surface area (Å²) in [5, 5.41) is 9.22. The Balaban J connectivity index is 2.21. The minimum Gasteiger partial charge on any atom is -0.493 e. The molecule has 6 heteroatoms. The first-order valence-electron chi connectivity index (χ1n) is 6.09. The smallest absolute Gasteiger partial charge is 0.175 e. The van der Waals surface area contributed by atoms with Crippen molar-refractivity contribution in [3.63, 3.8) is 0 Å². The molecule has 0 aliphatic carbocycles. The van der Waals surface area contributed by atoms with Gasteiger partial charge < -0.3 is 14.6 Å². The van der Waals surface area contributed by atoms with E-state index < -0.39 is 5.82 Å². The lowest BCUT2D eigenvalue weighted by atomic mass is 10.2. The zero-order chi connectivity index (χ0) is 15.4. The molecule has 112 valence electrons. The summed E-state index contributed by atoms with van der Waals surface area (Å²) in [5.74, 6) is 0.545. The van der Waals surface area contributed by atoms with Gasteiger partial charge in [-0.05, 0) is 51.3 Å². The molecule has 0 saturated heterocycles. The van der Waals surface area contributed by atoms with E-state index in [2.05, 4.69) is 15.9 Å². The number of ether oxygens (including phenoxy) is 2. The van der Waals surface area contributed by atoms with Crippen LogP contribution in [0.25, 0.3) is 0 Å². The first kappa shape index (κ1) is 16.1. The summed E-state index contributed by atoms with van der Waals surface area (Å²) in [7, 11) is 1.52. The molecule has 0 saturated carbocycles. The lowest BCUT2D eigenvalue weighted by molar-refractivity contribution is 0.273. The van der Waals surface area contributed by atoms with Gasteiger partial charge in [-0.25, -0.2) is 4.39 Å². The quantitative estimate of drug-likeness (QED) is 0.846. The Labute approximate surface area is 135 Å². The highest BCUT2D eigenvalue weighted by Gasteiger charge is 2.12. The van der Waals surface area contributed by atoms with Crippen molar-refractivity contribution in [2.24, 2.45) is 0 Å². The van der Waals surface area contributed by atoms with Crippen molar-refractivity contribution in [2.45, 2.75) is 13.2 Å². The normalized spacial score (nSPS) is 10.5. The first-order valence-corrected chi connectivity index (χ1v) is 7.26. The number of hydrogen-bond acceptors (Lipinski definition) is 3. The van der Waals surface area contributed by atoms with Gasteiger partial charge in [-0.15, -0.1) is 0 Å². The van der Waals surface area contributed by atoms with Crippen LogP contribution in [0.2, 0.25) is 5.02 Å². The fourth-order valence-electron chi connectivity index (χ4n) is 1.79. The van der Waals surface area contributed by atoms with Gasteiger partial charge in [-0.3, -0.25) is 0 Å². The third kappa shape index (κ3) is 3.87. The second kappa shape index (κ2) is 7.11. The Morgan fingerprint density at radius 2 is 2.00 bits per heavy atom. The van der Waals surface area contributed by atoms with E-state index in [4.69, 9.17) is 26.2 Å². The monoisotopic (exact) mass is 374 g/mol. The second-order valence-corrected chi connectivity index (χ2v) is 5.57. The summed E-state index contributed by atoms with van der Waals surface area (Å²) in [6, 6.07) is 7.85. The Bertz CT molecular complexity index is 649. The van der Waals surface area contributed by atoms with Gasteiger partial charge in [-0.2, -0.15) is 0 Å². The predicted octanol–water partition coefficient (Wildman–Crippen LogP) is 4.32. The number of methoxy groups -OCH3 is 1. The van der Waals surface area contributed by atoms with Gasteiger partial charge in [0.05, 0.1) is 23.2 Å². The van der Waals surface area contributed by atoms with Crippen molar-refractivity contribution in [1.29, 1.82) is 0 Å². The molecule has 0 unspecified atom stereocenters. The van der Waals surface area contributed by atoms with E-state index in [0.29, 0.717) is 21.5 Å².